The summed E-state index contributed by atoms with van der Waals surface area (Å²) < 4.78 is 11.5. The molecule has 0 saturated heterocycles. The molecular weight excluding hydrogens is 372 g/mol. The lowest BCUT2D eigenvalue weighted by Gasteiger charge is -2.14. The number of amides is 1. The Morgan fingerprint density at radius 2 is 1.36 bits per heavy atom. The summed E-state index contributed by atoms with van der Waals surface area (Å²) in [6.07, 6.45) is 2.17. The first-order chi connectivity index (χ1) is 13.4. The van der Waals surface area contributed by atoms with Gasteiger partial charge in [-0.3, -0.25) is 10.1 Å². The molecule has 150 valence electrons. The van der Waals surface area contributed by atoms with Gasteiger partial charge in [-0.15, -0.1) is 0 Å². The van der Waals surface area contributed by atoms with E-state index in [4.69, 9.17) is 21.7 Å². The van der Waals surface area contributed by atoms with Crippen molar-refractivity contribution < 1.29 is 14.3 Å². The van der Waals surface area contributed by atoms with Gasteiger partial charge in [-0.05, 0) is 87.4 Å². The fraction of sp³-hybridized carbons (Fsp3) is 0.364. The molecule has 1 amide bonds. The molecule has 28 heavy (non-hydrogen) atoms. The van der Waals surface area contributed by atoms with Crippen LogP contribution in [-0.4, -0.2) is 23.2 Å². The highest BCUT2D eigenvalue weighted by Crippen LogP contribution is 2.18. The molecule has 2 unspecified atom stereocenters. The molecule has 0 heterocycles. The molecule has 2 aromatic rings. The minimum Gasteiger partial charge on any atom is -0.491 e. The van der Waals surface area contributed by atoms with Crippen molar-refractivity contribution in [2.75, 3.05) is 5.32 Å². The molecule has 0 bridgehead atoms. The highest BCUT2D eigenvalue weighted by atomic mass is 32.1. The van der Waals surface area contributed by atoms with E-state index in [-0.39, 0.29) is 23.2 Å². The van der Waals surface area contributed by atoms with Crippen molar-refractivity contribution in [3.05, 3.63) is 54.1 Å². The second kappa shape index (κ2) is 10.7. The fourth-order valence-electron chi connectivity index (χ4n) is 2.27. The zero-order valence-electron chi connectivity index (χ0n) is 16.8. The lowest BCUT2D eigenvalue weighted by atomic mass is 10.2. The molecular formula is C22H28N2O3S. The quantitative estimate of drug-likeness (QED) is 0.599. The van der Waals surface area contributed by atoms with Crippen LogP contribution in [-0.2, 0) is 0 Å². The maximum absolute atomic E-state index is 12.3. The van der Waals surface area contributed by atoms with Crippen molar-refractivity contribution in [3.8, 4) is 11.5 Å². The normalized spacial score (nSPS) is 12.6. The Kier molecular flexibility index (Phi) is 8.26. The van der Waals surface area contributed by atoms with Gasteiger partial charge >= 0.3 is 0 Å². The first kappa shape index (κ1) is 21.7. The second-order valence-corrected chi connectivity index (χ2v) is 7.04. The first-order valence-electron chi connectivity index (χ1n) is 9.57. The van der Waals surface area contributed by atoms with E-state index in [1.54, 1.807) is 24.3 Å². The predicted octanol–water partition coefficient (Wildman–Crippen LogP) is 5.17. The molecule has 2 N–H and O–H groups in total. The highest BCUT2D eigenvalue weighted by Gasteiger charge is 2.09. The molecule has 0 fully saturated rings. The van der Waals surface area contributed by atoms with Crippen LogP contribution in [0, 0.1) is 0 Å². The Bertz CT molecular complexity index is 775. The smallest absolute Gasteiger partial charge is 0.257 e. The van der Waals surface area contributed by atoms with Gasteiger partial charge in [-0.1, -0.05) is 13.8 Å². The molecule has 0 aromatic heterocycles. The third kappa shape index (κ3) is 6.85. The number of thiocarbonyl (C=S) groups is 1. The molecule has 0 aliphatic heterocycles. The summed E-state index contributed by atoms with van der Waals surface area (Å²) >= 11 is 5.23. The molecule has 0 aliphatic carbocycles. The molecule has 0 aliphatic rings. The van der Waals surface area contributed by atoms with Gasteiger partial charge in [-0.2, -0.15) is 0 Å². The number of carbonyl (C=O) groups is 1. The number of rotatable bonds is 8. The SMILES string of the molecule is CCC(C)Oc1ccc(NC(=S)NC(=O)c2ccc(OC(C)CC)cc2)cc1. The number of hydrogen-bond acceptors (Lipinski definition) is 4. The van der Waals surface area contributed by atoms with E-state index in [1.807, 2.05) is 38.1 Å². The average Bonchev–Trinajstić information content (AvgIpc) is 2.69. The summed E-state index contributed by atoms with van der Waals surface area (Å²) in [6, 6.07) is 14.5. The van der Waals surface area contributed by atoms with Gasteiger partial charge in [-0.25, -0.2) is 0 Å². The summed E-state index contributed by atoms with van der Waals surface area (Å²) in [7, 11) is 0. The lowest BCUT2D eigenvalue weighted by Crippen LogP contribution is -2.34. The zero-order valence-corrected chi connectivity index (χ0v) is 17.6. The summed E-state index contributed by atoms with van der Waals surface area (Å²) in [5.41, 5.74) is 1.29. The van der Waals surface area contributed by atoms with Gasteiger partial charge < -0.3 is 14.8 Å². The number of carbonyl (C=O) groups excluding carboxylic acids is 1. The van der Waals surface area contributed by atoms with E-state index in [1.165, 1.54) is 0 Å². The third-order valence-corrected chi connectivity index (χ3v) is 4.48. The Morgan fingerprint density at radius 3 is 1.82 bits per heavy atom. The molecule has 6 heteroatoms. The molecule has 0 spiro atoms. The topological polar surface area (TPSA) is 59.6 Å². The van der Waals surface area contributed by atoms with Crippen molar-refractivity contribution in [1.82, 2.24) is 5.32 Å². The summed E-state index contributed by atoms with van der Waals surface area (Å²) in [5.74, 6) is 1.27. The van der Waals surface area contributed by atoms with Crippen LogP contribution in [0.3, 0.4) is 0 Å². The van der Waals surface area contributed by atoms with Gasteiger partial charge in [0.1, 0.15) is 11.5 Å². The van der Waals surface area contributed by atoms with Crippen molar-refractivity contribution in [3.63, 3.8) is 0 Å². The molecule has 2 atom stereocenters. The monoisotopic (exact) mass is 400 g/mol. The molecule has 2 aromatic carbocycles. The molecule has 2 rings (SSSR count). The summed E-state index contributed by atoms with van der Waals surface area (Å²) in [5, 5.41) is 5.92. The summed E-state index contributed by atoms with van der Waals surface area (Å²) in [6.45, 7) is 8.17. The highest BCUT2D eigenvalue weighted by molar-refractivity contribution is 7.80. The van der Waals surface area contributed by atoms with Crippen LogP contribution in [0.4, 0.5) is 5.69 Å². The van der Waals surface area contributed by atoms with E-state index in [2.05, 4.69) is 24.5 Å². The number of ether oxygens (including phenoxy) is 2. The lowest BCUT2D eigenvalue weighted by molar-refractivity contribution is 0.0977. The van der Waals surface area contributed by atoms with Crippen LogP contribution in [0.5, 0.6) is 11.5 Å². The second-order valence-electron chi connectivity index (χ2n) is 6.63. The van der Waals surface area contributed by atoms with Crippen molar-refractivity contribution >= 4 is 28.9 Å². The zero-order chi connectivity index (χ0) is 20.5. The maximum atomic E-state index is 12.3. The van der Waals surface area contributed by atoms with Crippen molar-refractivity contribution in [2.45, 2.75) is 52.7 Å². The van der Waals surface area contributed by atoms with Gasteiger partial charge in [0.05, 0.1) is 12.2 Å². The maximum Gasteiger partial charge on any atom is 0.257 e. The Balaban J connectivity index is 1.87. The average molecular weight is 401 g/mol. The minimum atomic E-state index is -0.274. The van der Waals surface area contributed by atoms with Crippen LogP contribution in [0.1, 0.15) is 50.9 Å². The number of hydrogen-bond donors (Lipinski definition) is 2. The Morgan fingerprint density at radius 1 is 0.893 bits per heavy atom. The van der Waals surface area contributed by atoms with E-state index >= 15 is 0 Å². The summed E-state index contributed by atoms with van der Waals surface area (Å²) in [4.78, 5) is 12.3. The predicted molar refractivity (Wildman–Crippen MR) is 117 cm³/mol. The Labute approximate surface area is 172 Å². The number of nitrogens with one attached hydrogen (secondary N) is 2. The van der Waals surface area contributed by atoms with Gasteiger partial charge in [0, 0.05) is 11.3 Å². The van der Waals surface area contributed by atoms with E-state index in [0.29, 0.717) is 5.56 Å². The first-order valence-corrected chi connectivity index (χ1v) is 9.97. The molecule has 0 radical (unpaired) electrons. The molecule has 0 saturated carbocycles. The van der Waals surface area contributed by atoms with Gasteiger partial charge in [0.2, 0.25) is 0 Å². The van der Waals surface area contributed by atoms with Crippen LogP contribution >= 0.6 is 12.2 Å². The van der Waals surface area contributed by atoms with Crippen molar-refractivity contribution in [2.24, 2.45) is 0 Å². The number of anilines is 1. The van der Waals surface area contributed by atoms with Crippen LogP contribution in [0.25, 0.3) is 0 Å². The van der Waals surface area contributed by atoms with E-state index < -0.39 is 0 Å². The van der Waals surface area contributed by atoms with Crippen LogP contribution in [0.15, 0.2) is 48.5 Å². The van der Waals surface area contributed by atoms with Gasteiger partial charge in [0.15, 0.2) is 5.11 Å². The largest absolute Gasteiger partial charge is 0.491 e. The van der Waals surface area contributed by atoms with E-state index in [9.17, 15) is 4.79 Å². The van der Waals surface area contributed by atoms with E-state index in [0.717, 1.165) is 30.0 Å². The number of benzene rings is 2. The standard InChI is InChI=1S/C22H28N2O3S/c1-5-15(3)26-19-11-7-17(8-12-19)21(25)24-22(28)23-18-9-13-20(14-10-18)27-16(4)6-2/h7-16H,5-6H2,1-4H3,(H2,23,24,25,28). The van der Waals surface area contributed by atoms with Crippen molar-refractivity contribution in [1.29, 1.82) is 0 Å². The van der Waals surface area contributed by atoms with Crippen LogP contribution < -0.4 is 20.1 Å². The van der Waals surface area contributed by atoms with Crippen LogP contribution in [0.2, 0.25) is 0 Å². The Hall–Kier alpha value is -2.60. The fourth-order valence-corrected chi connectivity index (χ4v) is 2.48. The van der Waals surface area contributed by atoms with Gasteiger partial charge in [0.25, 0.3) is 5.91 Å². The molecule has 5 nitrogen and oxygen atoms in total. The minimum absolute atomic E-state index is 0.137. The third-order valence-electron chi connectivity index (χ3n) is 4.28.